The molecule has 31 heavy (non-hydrogen) atoms. The summed E-state index contributed by atoms with van der Waals surface area (Å²) in [5, 5.41) is 17.3. The van der Waals surface area contributed by atoms with Gasteiger partial charge in [0.1, 0.15) is 5.75 Å². The van der Waals surface area contributed by atoms with Crippen molar-refractivity contribution in [1.82, 2.24) is 15.0 Å². The van der Waals surface area contributed by atoms with Crippen LogP contribution in [0.5, 0.6) is 5.75 Å². The first-order valence-electron chi connectivity index (χ1n) is 9.46. The molecular formula is C20H19Br2N7O2. The Balaban J connectivity index is 1.57. The molecule has 1 aromatic heterocycles. The molecule has 0 aliphatic carbocycles. The Morgan fingerprint density at radius 2 is 1.68 bits per heavy atom. The topological polar surface area (TPSA) is 108 Å². The molecular weight excluding hydrogens is 530 g/mol. The summed E-state index contributed by atoms with van der Waals surface area (Å²) in [6, 6.07) is 13.2. The zero-order valence-corrected chi connectivity index (χ0v) is 19.5. The van der Waals surface area contributed by atoms with Crippen LogP contribution in [0.15, 0.2) is 56.5 Å². The number of nitrogens with zero attached hydrogens (tertiary/aromatic N) is 5. The maximum atomic E-state index is 9.84. The van der Waals surface area contributed by atoms with Gasteiger partial charge in [0.05, 0.1) is 28.4 Å². The van der Waals surface area contributed by atoms with Gasteiger partial charge in [-0.15, -0.1) is 0 Å². The third kappa shape index (κ3) is 5.69. The molecule has 9 nitrogen and oxygen atoms in total. The number of halogens is 2. The van der Waals surface area contributed by atoms with E-state index < -0.39 is 0 Å². The van der Waals surface area contributed by atoms with E-state index in [0.717, 1.165) is 11.3 Å². The minimum atomic E-state index is 0.134. The van der Waals surface area contributed by atoms with Crippen molar-refractivity contribution in [1.29, 1.82) is 0 Å². The third-order valence-corrected chi connectivity index (χ3v) is 5.57. The lowest BCUT2D eigenvalue weighted by Gasteiger charge is -2.27. The first-order chi connectivity index (χ1) is 15.1. The monoisotopic (exact) mass is 547 g/mol. The van der Waals surface area contributed by atoms with Crippen LogP contribution >= 0.6 is 31.9 Å². The van der Waals surface area contributed by atoms with Gasteiger partial charge in [-0.3, -0.25) is 0 Å². The molecule has 1 fully saturated rings. The van der Waals surface area contributed by atoms with Crippen molar-refractivity contribution >= 4 is 61.6 Å². The summed E-state index contributed by atoms with van der Waals surface area (Å²) in [5.41, 5.74) is 4.51. The molecule has 0 radical (unpaired) electrons. The SMILES string of the molecule is Oc1c(Br)cc(/C=N\Nc2nc(Nc3ccccc3)nc(N3CCOCC3)n2)cc1Br. The maximum absolute atomic E-state index is 9.84. The molecule has 0 spiro atoms. The van der Waals surface area contributed by atoms with Crippen molar-refractivity contribution < 1.29 is 9.84 Å². The van der Waals surface area contributed by atoms with E-state index in [2.05, 4.69) is 62.7 Å². The number of morpholine rings is 1. The summed E-state index contributed by atoms with van der Waals surface area (Å²) in [6.07, 6.45) is 1.61. The highest BCUT2D eigenvalue weighted by Gasteiger charge is 2.16. The number of para-hydroxylation sites is 1. The van der Waals surface area contributed by atoms with Crippen LogP contribution in [0.4, 0.5) is 23.5 Å². The Labute approximate surface area is 195 Å². The highest BCUT2D eigenvalue weighted by molar-refractivity contribution is 9.11. The van der Waals surface area contributed by atoms with Crippen LogP contribution in [-0.4, -0.2) is 52.6 Å². The van der Waals surface area contributed by atoms with Crippen LogP contribution in [-0.2, 0) is 4.74 Å². The number of phenols is 1. The largest absolute Gasteiger partial charge is 0.506 e. The maximum Gasteiger partial charge on any atom is 0.250 e. The number of hydrogen-bond acceptors (Lipinski definition) is 9. The predicted octanol–water partition coefficient (Wildman–Crippen LogP) is 4.13. The normalized spacial score (nSPS) is 14.1. The zero-order valence-electron chi connectivity index (χ0n) is 16.3. The van der Waals surface area contributed by atoms with Crippen LogP contribution in [0.1, 0.15) is 5.56 Å². The lowest BCUT2D eigenvalue weighted by atomic mass is 10.2. The van der Waals surface area contributed by atoms with Crippen LogP contribution in [0.3, 0.4) is 0 Å². The van der Waals surface area contributed by atoms with E-state index in [0.29, 0.717) is 53.1 Å². The van der Waals surface area contributed by atoms with Gasteiger partial charge in [-0.25, -0.2) is 5.43 Å². The van der Waals surface area contributed by atoms with Gasteiger partial charge < -0.3 is 20.1 Å². The number of aromatic nitrogens is 3. The van der Waals surface area contributed by atoms with Gasteiger partial charge in [0.2, 0.25) is 17.8 Å². The zero-order chi connectivity index (χ0) is 21.6. The van der Waals surface area contributed by atoms with Crippen molar-refractivity contribution in [2.45, 2.75) is 0 Å². The third-order valence-electron chi connectivity index (χ3n) is 4.36. The second kappa shape index (κ2) is 10.0. The average molecular weight is 549 g/mol. The molecule has 160 valence electrons. The second-order valence-corrected chi connectivity index (χ2v) is 8.28. The van der Waals surface area contributed by atoms with Crippen LogP contribution < -0.4 is 15.6 Å². The molecule has 4 rings (SSSR count). The Kier molecular flexibility index (Phi) is 6.95. The number of nitrogens with one attached hydrogen (secondary N) is 2. The lowest BCUT2D eigenvalue weighted by molar-refractivity contribution is 0.122. The first-order valence-corrected chi connectivity index (χ1v) is 11.0. The van der Waals surface area contributed by atoms with Crippen molar-refractivity contribution in [3.05, 3.63) is 57.0 Å². The van der Waals surface area contributed by atoms with Crippen molar-refractivity contribution in [2.75, 3.05) is 41.9 Å². The fraction of sp³-hybridized carbons (Fsp3) is 0.200. The Morgan fingerprint density at radius 3 is 2.39 bits per heavy atom. The number of benzene rings is 2. The smallest absolute Gasteiger partial charge is 0.250 e. The first kappa shape index (κ1) is 21.5. The molecule has 2 heterocycles. The van der Waals surface area contributed by atoms with Gasteiger partial charge in [0.15, 0.2) is 0 Å². The van der Waals surface area contributed by atoms with Crippen LogP contribution in [0.2, 0.25) is 0 Å². The van der Waals surface area contributed by atoms with Crippen molar-refractivity contribution in [3.63, 3.8) is 0 Å². The summed E-state index contributed by atoms with van der Waals surface area (Å²) >= 11 is 6.62. The molecule has 1 aliphatic rings. The van der Waals surface area contributed by atoms with Gasteiger partial charge in [-0.2, -0.15) is 20.1 Å². The molecule has 3 N–H and O–H groups in total. The van der Waals surface area contributed by atoms with E-state index in [1.807, 2.05) is 35.2 Å². The molecule has 0 unspecified atom stereocenters. The number of anilines is 4. The highest BCUT2D eigenvalue weighted by Crippen LogP contribution is 2.32. The van der Waals surface area contributed by atoms with Crippen LogP contribution in [0, 0.1) is 0 Å². The van der Waals surface area contributed by atoms with Gasteiger partial charge >= 0.3 is 0 Å². The van der Waals surface area contributed by atoms with Crippen molar-refractivity contribution in [2.24, 2.45) is 5.10 Å². The quantitative estimate of drug-likeness (QED) is 0.312. The Bertz CT molecular complexity index is 1050. The number of hydrogen-bond donors (Lipinski definition) is 3. The summed E-state index contributed by atoms with van der Waals surface area (Å²) in [7, 11) is 0. The second-order valence-electron chi connectivity index (χ2n) is 6.58. The van der Waals surface area contributed by atoms with E-state index in [-0.39, 0.29) is 5.75 Å². The molecule has 2 aromatic carbocycles. The predicted molar refractivity (Wildman–Crippen MR) is 127 cm³/mol. The molecule has 0 amide bonds. The van der Waals surface area contributed by atoms with E-state index >= 15 is 0 Å². The average Bonchev–Trinajstić information content (AvgIpc) is 2.78. The van der Waals surface area contributed by atoms with E-state index in [4.69, 9.17) is 4.74 Å². The van der Waals surface area contributed by atoms with Gasteiger partial charge in [0.25, 0.3) is 0 Å². The number of ether oxygens (including phenoxy) is 1. The molecule has 0 bridgehead atoms. The van der Waals surface area contributed by atoms with Crippen molar-refractivity contribution in [3.8, 4) is 5.75 Å². The molecule has 0 saturated carbocycles. The summed E-state index contributed by atoms with van der Waals surface area (Å²) < 4.78 is 6.55. The van der Waals surface area contributed by atoms with Gasteiger partial charge in [-0.05, 0) is 61.7 Å². The number of aromatic hydroxyl groups is 1. The fourth-order valence-electron chi connectivity index (χ4n) is 2.85. The number of rotatable bonds is 6. The van der Waals surface area contributed by atoms with Gasteiger partial charge in [0, 0.05) is 18.8 Å². The van der Waals surface area contributed by atoms with Crippen LogP contribution in [0.25, 0.3) is 0 Å². The Hall–Kier alpha value is -2.76. The molecule has 1 aliphatic heterocycles. The van der Waals surface area contributed by atoms with E-state index in [9.17, 15) is 5.11 Å². The Morgan fingerprint density at radius 1 is 1.00 bits per heavy atom. The molecule has 0 atom stereocenters. The standard InChI is InChI=1S/C20H19Br2N7O2/c21-15-10-13(11-16(22)17(15)30)12-23-28-19-25-18(24-14-4-2-1-3-5-14)26-20(27-19)29-6-8-31-9-7-29/h1-5,10-12,30H,6-9H2,(H2,24,25,26,27,28)/b23-12-. The number of hydrazone groups is 1. The minimum Gasteiger partial charge on any atom is -0.506 e. The summed E-state index contributed by atoms with van der Waals surface area (Å²) in [6.45, 7) is 2.65. The van der Waals surface area contributed by atoms with E-state index in [1.54, 1.807) is 18.3 Å². The lowest BCUT2D eigenvalue weighted by Crippen LogP contribution is -2.37. The highest BCUT2D eigenvalue weighted by atomic mass is 79.9. The van der Waals surface area contributed by atoms with E-state index in [1.165, 1.54) is 0 Å². The molecule has 1 saturated heterocycles. The minimum absolute atomic E-state index is 0.134. The molecule has 11 heteroatoms. The summed E-state index contributed by atoms with van der Waals surface area (Å²) in [4.78, 5) is 15.5. The number of phenolic OH excluding ortho intramolecular Hbond substituents is 1. The molecule has 3 aromatic rings. The van der Waals surface area contributed by atoms with Gasteiger partial charge in [-0.1, -0.05) is 18.2 Å². The summed E-state index contributed by atoms with van der Waals surface area (Å²) in [5.74, 6) is 1.40. The fourth-order valence-corrected chi connectivity index (χ4v) is 4.07.